The second-order valence-corrected chi connectivity index (χ2v) is 5.65. The maximum Gasteiger partial charge on any atom is 0.300 e. The SMILES string of the molecule is CCCOS(=O)(=O)c1ccc(C)cc1OCCOC. The fraction of sp³-hybridized carbons (Fsp3) is 0.538. The van der Waals surface area contributed by atoms with E-state index in [9.17, 15) is 8.42 Å². The molecule has 0 aliphatic carbocycles. The highest BCUT2D eigenvalue weighted by Crippen LogP contribution is 2.26. The molecule has 1 rings (SSSR count). The Morgan fingerprint density at radius 1 is 1.16 bits per heavy atom. The van der Waals surface area contributed by atoms with E-state index >= 15 is 0 Å². The fourth-order valence-electron chi connectivity index (χ4n) is 1.43. The molecule has 0 fully saturated rings. The monoisotopic (exact) mass is 288 g/mol. The molecule has 0 aliphatic heterocycles. The van der Waals surface area contributed by atoms with Gasteiger partial charge in [0.15, 0.2) is 0 Å². The zero-order chi connectivity index (χ0) is 14.3. The van der Waals surface area contributed by atoms with E-state index in [0.717, 1.165) is 5.56 Å². The third-order valence-corrected chi connectivity index (χ3v) is 3.71. The number of aryl methyl sites for hydroxylation is 1. The van der Waals surface area contributed by atoms with Crippen molar-refractivity contribution in [2.24, 2.45) is 0 Å². The Balaban J connectivity index is 2.98. The molecular formula is C13H20O5S. The van der Waals surface area contributed by atoms with Gasteiger partial charge in [0.25, 0.3) is 0 Å². The standard InChI is InChI=1S/C13H20O5S/c1-4-7-18-19(14,15)13-6-5-11(2)10-12(13)17-9-8-16-3/h5-6,10H,4,7-9H2,1-3H3. The van der Waals surface area contributed by atoms with Crippen LogP contribution in [-0.4, -0.2) is 35.3 Å². The average Bonchev–Trinajstić information content (AvgIpc) is 2.36. The Hall–Kier alpha value is -1.11. The number of hydrogen-bond acceptors (Lipinski definition) is 5. The highest BCUT2D eigenvalue weighted by molar-refractivity contribution is 7.86. The van der Waals surface area contributed by atoms with Gasteiger partial charge in [-0.15, -0.1) is 0 Å². The Morgan fingerprint density at radius 3 is 2.53 bits per heavy atom. The predicted molar refractivity (Wildman–Crippen MR) is 72.0 cm³/mol. The van der Waals surface area contributed by atoms with Crippen molar-refractivity contribution >= 4 is 10.1 Å². The molecule has 1 aromatic rings. The molecule has 0 N–H and O–H groups in total. The molecule has 0 amide bonds. The highest BCUT2D eigenvalue weighted by atomic mass is 32.2. The van der Waals surface area contributed by atoms with Crippen molar-refractivity contribution in [2.45, 2.75) is 25.2 Å². The number of ether oxygens (including phenoxy) is 2. The molecule has 0 bridgehead atoms. The smallest absolute Gasteiger partial charge is 0.300 e. The summed E-state index contributed by atoms with van der Waals surface area (Å²) in [5, 5.41) is 0. The second kappa shape index (κ2) is 7.47. The summed E-state index contributed by atoms with van der Waals surface area (Å²) in [6.45, 7) is 4.56. The minimum atomic E-state index is -3.77. The Bertz CT molecular complexity index is 496. The van der Waals surface area contributed by atoms with Crippen molar-refractivity contribution in [1.29, 1.82) is 0 Å². The van der Waals surface area contributed by atoms with Gasteiger partial charge in [-0.1, -0.05) is 13.0 Å². The maximum absolute atomic E-state index is 12.0. The first kappa shape index (κ1) is 15.9. The average molecular weight is 288 g/mol. The van der Waals surface area contributed by atoms with Gasteiger partial charge in [-0.05, 0) is 31.0 Å². The van der Waals surface area contributed by atoms with Crippen molar-refractivity contribution < 1.29 is 22.1 Å². The number of rotatable bonds is 8. The lowest BCUT2D eigenvalue weighted by molar-refractivity contribution is 0.144. The van der Waals surface area contributed by atoms with Crippen LogP contribution in [0.1, 0.15) is 18.9 Å². The first-order chi connectivity index (χ1) is 9.01. The van der Waals surface area contributed by atoms with Gasteiger partial charge in [0, 0.05) is 7.11 Å². The van der Waals surface area contributed by atoms with E-state index in [4.69, 9.17) is 13.7 Å². The zero-order valence-electron chi connectivity index (χ0n) is 11.5. The van der Waals surface area contributed by atoms with Gasteiger partial charge in [-0.3, -0.25) is 4.18 Å². The summed E-state index contributed by atoms with van der Waals surface area (Å²) >= 11 is 0. The van der Waals surface area contributed by atoms with Crippen molar-refractivity contribution in [3.8, 4) is 5.75 Å². The van der Waals surface area contributed by atoms with Crippen molar-refractivity contribution in [3.05, 3.63) is 23.8 Å². The lowest BCUT2D eigenvalue weighted by Gasteiger charge is -2.12. The molecule has 5 nitrogen and oxygen atoms in total. The minimum Gasteiger partial charge on any atom is -0.490 e. The summed E-state index contributed by atoms with van der Waals surface area (Å²) in [5.41, 5.74) is 0.918. The molecule has 0 spiro atoms. The van der Waals surface area contributed by atoms with Gasteiger partial charge in [-0.2, -0.15) is 8.42 Å². The van der Waals surface area contributed by atoms with Crippen molar-refractivity contribution in [2.75, 3.05) is 26.9 Å². The zero-order valence-corrected chi connectivity index (χ0v) is 12.3. The second-order valence-electron chi connectivity index (χ2n) is 4.07. The summed E-state index contributed by atoms with van der Waals surface area (Å²) in [6, 6.07) is 4.89. The Morgan fingerprint density at radius 2 is 1.89 bits per heavy atom. The highest BCUT2D eigenvalue weighted by Gasteiger charge is 2.20. The first-order valence-corrected chi connectivity index (χ1v) is 7.54. The van der Waals surface area contributed by atoms with Gasteiger partial charge >= 0.3 is 10.1 Å². The normalized spacial score (nSPS) is 11.5. The summed E-state index contributed by atoms with van der Waals surface area (Å²) in [6.07, 6.45) is 0.630. The predicted octanol–water partition coefficient (Wildman–Crippen LogP) is 2.14. The van der Waals surface area contributed by atoms with E-state index in [1.54, 1.807) is 19.2 Å². The molecule has 1 aromatic carbocycles. The molecule has 0 aromatic heterocycles. The van der Waals surface area contributed by atoms with Crippen LogP contribution in [0.15, 0.2) is 23.1 Å². The van der Waals surface area contributed by atoms with Gasteiger partial charge < -0.3 is 9.47 Å². The molecule has 0 radical (unpaired) electrons. The summed E-state index contributed by atoms with van der Waals surface area (Å²) < 4.78 is 39.3. The molecule has 108 valence electrons. The summed E-state index contributed by atoms with van der Waals surface area (Å²) in [4.78, 5) is 0.0580. The first-order valence-electron chi connectivity index (χ1n) is 6.13. The Kier molecular flexibility index (Phi) is 6.27. The summed E-state index contributed by atoms with van der Waals surface area (Å²) in [5.74, 6) is 0.299. The van der Waals surface area contributed by atoms with Gasteiger partial charge in [-0.25, -0.2) is 0 Å². The van der Waals surface area contributed by atoms with Crippen LogP contribution in [0.4, 0.5) is 0 Å². The van der Waals surface area contributed by atoms with Crippen LogP contribution in [0.5, 0.6) is 5.75 Å². The molecule has 19 heavy (non-hydrogen) atoms. The van der Waals surface area contributed by atoms with Gasteiger partial charge in [0.05, 0.1) is 13.2 Å². The summed E-state index contributed by atoms with van der Waals surface area (Å²) in [7, 11) is -2.22. The molecule has 0 saturated heterocycles. The van der Waals surface area contributed by atoms with Crippen LogP contribution in [0.25, 0.3) is 0 Å². The van der Waals surface area contributed by atoms with E-state index in [-0.39, 0.29) is 18.1 Å². The van der Waals surface area contributed by atoms with Crippen LogP contribution >= 0.6 is 0 Å². The quantitative estimate of drug-likeness (QED) is 0.542. The lowest BCUT2D eigenvalue weighted by atomic mass is 10.2. The van der Waals surface area contributed by atoms with E-state index in [2.05, 4.69) is 0 Å². The molecule has 0 aliphatic rings. The van der Waals surface area contributed by atoms with E-state index in [0.29, 0.717) is 18.8 Å². The molecule has 0 heterocycles. The minimum absolute atomic E-state index is 0.0580. The topological polar surface area (TPSA) is 61.8 Å². The third kappa shape index (κ3) is 4.81. The van der Waals surface area contributed by atoms with Crippen LogP contribution in [-0.2, 0) is 19.0 Å². The molecule has 6 heteroatoms. The van der Waals surface area contributed by atoms with E-state index in [1.807, 2.05) is 13.8 Å². The van der Waals surface area contributed by atoms with Crippen LogP contribution in [0.2, 0.25) is 0 Å². The maximum atomic E-state index is 12.0. The van der Waals surface area contributed by atoms with Crippen LogP contribution in [0.3, 0.4) is 0 Å². The fourth-order valence-corrected chi connectivity index (χ4v) is 2.54. The number of benzene rings is 1. The van der Waals surface area contributed by atoms with Crippen molar-refractivity contribution in [3.63, 3.8) is 0 Å². The number of methoxy groups -OCH3 is 1. The lowest BCUT2D eigenvalue weighted by Crippen LogP contribution is -2.11. The molecule has 0 saturated carbocycles. The molecule has 0 atom stereocenters. The van der Waals surface area contributed by atoms with E-state index in [1.165, 1.54) is 6.07 Å². The van der Waals surface area contributed by atoms with Crippen LogP contribution in [0, 0.1) is 6.92 Å². The third-order valence-electron chi connectivity index (χ3n) is 2.36. The molecular weight excluding hydrogens is 268 g/mol. The van der Waals surface area contributed by atoms with Gasteiger partial charge in [0.2, 0.25) is 0 Å². The van der Waals surface area contributed by atoms with Crippen LogP contribution < -0.4 is 4.74 Å². The number of hydrogen-bond donors (Lipinski definition) is 0. The van der Waals surface area contributed by atoms with E-state index < -0.39 is 10.1 Å². The van der Waals surface area contributed by atoms with Gasteiger partial charge in [0.1, 0.15) is 17.3 Å². The van der Waals surface area contributed by atoms with Crippen molar-refractivity contribution in [1.82, 2.24) is 0 Å². The largest absolute Gasteiger partial charge is 0.490 e. The molecule has 0 unspecified atom stereocenters. The Labute approximate surface area is 114 Å².